The molecule has 2 N–H and O–H groups in total. The second-order valence-electron chi connectivity index (χ2n) is 5.94. The molecule has 1 amide bonds. The van der Waals surface area contributed by atoms with Gasteiger partial charge in [-0.05, 0) is 56.7 Å². The number of carbonyl (C=O) groups is 1. The van der Waals surface area contributed by atoms with Crippen LogP contribution >= 0.6 is 11.3 Å². The Morgan fingerprint density at radius 3 is 2.37 bits per heavy atom. The van der Waals surface area contributed by atoms with Crippen LogP contribution in [0.25, 0.3) is 0 Å². The Kier molecular flexibility index (Phi) is 5.24. The van der Waals surface area contributed by atoms with E-state index in [-0.39, 0.29) is 16.8 Å². The molecule has 0 unspecified atom stereocenters. The van der Waals surface area contributed by atoms with Crippen molar-refractivity contribution in [2.75, 3.05) is 10.0 Å². The van der Waals surface area contributed by atoms with Gasteiger partial charge in [0, 0.05) is 27.8 Å². The van der Waals surface area contributed by atoms with Gasteiger partial charge in [0.15, 0.2) is 0 Å². The minimum absolute atomic E-state index is 0.00989. The molecule has 0 fully saturated rings. The summed E-state index contributed by atoms with van der Waals surface area (Å²) in [4.78, 5) is 21.4. The molecule has 0 saturated heterocycles. The molecule has 0 aliphatic carbocycles. The highest BCUT2D eigenvalue weighted by Gasteiger charge is 2.17. The van der Waals surface area contributed by atoms with Gasteiger partial charge in [-0.15, -0.1) is 11.3 Å². The fourth-order valence-corrected chi connectivity index (χ4v) is 4.15. The Balaban J connectivity index is 1.74. The molecule has 9 heteroatoms. The second kappa shape index (κ2) is 7.45. The van der Waals surface area contributed by atoms with E-state index >= 15 is 0 Å². The average molecular weight is 403 g/mol. The van der Waals surface area contributed by atoms with Gasteiger partial charge in [0.1, 0.15) is 0 Å². The van der Waals surface area contributed by atoms with Crippen molar-refractivity contribution in [1.82, 2.24) is 9.97 Å². The first kappa shape index (κ1) is 19.0. The maximum Gasteiger partial charge on any atom is 0.264 e. The zero-order chi connectivity index (χ0) is 19.6. The zero-order valence-corrected chi connectivity index (χ0v) is 16.6. The van der Waals surface area contributed by atoms with Gasteiger partial charge in [0.05, 0.1) is 10.5 Å². The average Bonchev–Trinajstić information content (AvgIpc) is 2.94. The van der Waals surface area contributed by atoms with E-state index in [1.165, 1.54) is 41.8 Å². The topological polar surface area (TPSA) is 101 Å². The number of nitrogens with zero attached hydrogens (tertiary/aromatic N) is 2. The minimum atomic E-state index is -3.82. The number of rotatable bonds is 5. The lowest BCUT2D eigenvalue weighted by molar-refractivity contribution is 0.102. The third-order valence-electron chi connectivity index (χ3n) is 3.97. The highest BCUT2D eigenvalue weighted by molar-refractivity contribution is 7.92. The van der Waals surface area contributed by atoms with E-state index in [1.54, 1.807) is 13.0 Å². The molecule has 2 aromatic heterocycles. The van der Waals surface area contributed by atoms with Gasteiger partial charge in [-0.3, -0.25) is 4.79 Å². The number of thiophene rings is 1. The molecule has 3 rings (SSSR count). The molecule has 2 heterocycles. The van der Waals surface area contributed by atoms with E-state index in [1.807, 2.05) is 19.2 Å². The van der Waals surface area contributed by atoms with Gasteiger partial charge < -0.3 is 5.32 Å². The summed E-state index contributed by atoms with van der Waals surface area (Å²) < 4.78 is 27.2. The maximum absolute atomic E-state index is 12.4. The third kappa shape index (κ3) is 4.32. The molecule has 0 aliphatic rings. The number of aromatic nitrogens is 2. The third-order valence-corrected chi connectivity index (χ3v) is 6.33. The van der Waals surface area contributed by atoms with E-state index in [2.05, 4.69) is 20.0 Å². The Morgan fingerprint density at radius 2 is 1.78 bits per heavy atom. The Hall–Kier alpha value is -2.78. The first-order valence-corrected chi connectivity index (χ1v) is 10.4. The molecule has 140 valence electrons. The monoisotopic (exact) mass is 402 g/mol. The van der Waals surface area contributed by atoms with Crippen LogP contribution in [0.5, 0.6) is 0 Å². The number of carbonyl (C=O) groups excluding carboxylic acids is 1. The van der Waals surface area contributed by atoms with Crippen LogP contribution in [0.2, 0.25) is 0 Å². The highest BCUT2D eigenvalue weighted by atomic mass is 32.2. The van der Waals surface area contributed by atoms with Crippen LogP contribution in [-0.2, 0) is 10.0 Å². The molecule has 0 bridgehead atoms. The highest BCUT2D eigenvalue weighted by Crippen LogP contribution is 2.22. The number of sulfonamides is 1. The van der Waals surface area contributed by atoms with Crippen molar-refractivity contribution in [3.8, 4) is 0 Å². The van der Waals surface area contributed by atoms with E-state index in [4.69, 9.17) is 0 Å². The number of anilines is 2. The molecule has 0 atom stereocenters. The minimum Gasteiger partial charge on any atom is -0.322 e. The predicted molar refractivity (Wildman–Crippen MR) is 106 cm³/mol. The normalized spacial score (nSPS) is 11.2. The number of benzene rings is 1. The molecule has 0 saturated carbocycles. The summed E-state index contributed by atoms with van der Waals surface area (Å²) in [5.74, 6) is -0.213. The molecule has 7 nitrogen and oxygen atoms in total. The molecular weight excluding hydrogens is 384 g/mol. The van der Waals surface area contributed by atoms with Crippen molar-refractivity contribution in [3.63, 3.8) is 0 Å². The van der Waals surface area contributed by atoms with Gasteiger partial charge in [-0.2, -0.15) is 0 Å². The Morgan fingerprint density at radius 1 is 1.07 bits per heavy atom. The largest absolute Gasteiger partial charge is 0.322 e. The van der Waals surface area contributed by atoms with Crippen LogP contribution < -0.4 is 10.0 Å². The van der Waals surface area contributed by atoms with Crippen LogP contribution in [0.15, 0.2) is 46.8 Å². The van der Waals surface area contributed by atoms with Crippen LogP contribution in [0, 0.1) is 20.8 Å². The van der Waals surface area contributed by atoms with Crippen LogP contribution in [0.4, 0.5) is 11.6 Å². The summed E-state index contributed by atoms with van der Waals surface area (Å²) in [5.41, 5.74) is 2.72. The quantitative estimate of drug-likeness (QED) is 0.680. The van der Waals surface area contributed by atoms with E-state index < -0.39 is 10.0 Å². The summed E-state index contributed by atoms with van der Waals surface area (Å²) >= 11 is 1.52. The van der Waals surface area contributed by atoms with Crippen molar-refractivity contribution in [2.45, 2.75) is 25.7 Å². The zero-order valence-electron chi connectivity index (χ0n) is 15.0. The summed E-state index contributed by atoms with van der Waals surface area (Å²) in [6.07, 6.45) is 1.48. The van der Waals surface area contributed by atoms with Crippen molar-refractivity contribution in [2.24, 2.45) is 0 Å². The van der Waals surface area contributed by atoms with Crippen LogP contribution in [0.3, 0.4) is 0 Å². The number of nitrogens with one attached hydrogen (secondary N) is 2. The first-order chi connectivity index (χ1) is 12.8. The lowest BCUT2D eigenvalue weighted by Gasteiger charge is -2.09. The summed E-state index contributed by atoms with van der Waals surface area (Å²) in [7, 11) is -3.82. The van der Waals surface area contributed by atoms with Crippen molar-refractivity contribution >= 4 is 38.9 Å². The van der Waals surface area contributed by atoms with Crippen LogP contribution in [0.1, 0.15) is 26.5 Å². The summed E-state index contributed by atoms with van der Waals surface area (Å²) in [5, 5.41) is 4.59. The van der Waals surface area contributed by atoms with E-state index in [0.717, 1.165) is 10.4 Å². The molecular formula is C18H18N4O3S2. The van der Waals surface area contributed by atoms with Crippen molar-refractivity contribution in [1.29, 1.82) is 0 Å². The standard InChI is InChI=1S/C18H18N4O3S2/c1-11-8-9-19-18(20-11)22-27(24,25)15-6-4-14(5-7-15)21-17(23)16-10-26-13(3)12(16)2/h4-10H,1-3H3,(H,21,23)(H,19,20,22). The predicted octanol–water partition coefficient (Wildman–Crippen LogP) is 3.52. The molecule has 0 spiro atoms. The smallest absolute Gasteiger partial charge is 0.264 e. The molecule has 0 radical (unpaired) electrons. The first-order valence-electron chi connectivity index (χ1n) is 8.05. The number of aryl methyl sites for hydroxylation is 2. The van der Waals surface area contributed by atoms with Gasteiger partial charge in [0.25, 0.3) is 15.9 Å². The van der Waals surface area contributed by atoms with Gasteiger partial charge in [-0.1, -0.05) is 0 Å². The van der Waals surface area contributed by atoms with Gasteiger partial charge in [0.2, 0.25) is 5.95 Å². The molecule has 1 aromatic carbocycles. The summed E-state index contributed by atoms with van der Waals surface area (Å²) in [6, 6.07) is 7.58. The Bertz CT molecular complexity index is 1090. The molecule has 3 aromatic rings. The van der Waals surface area contributed by atoms with E-state index in [9.17, 15) is 13.2 Å². The van der Waals surface area contributed by atoms with Crippen molar-refractivity contribution in [3.05, 3.63) is 63.6 Å². The second-order valence-corrected chi connectivity index (χ2v) is 8.70. The SMILES string of the molecule is Cc1ccnc(NS(=O)(=O)c2ccc(NC(=O)c3csc(C)c3C)cc2)n1. The maximum atomic E-state index is 12.4. The fourth-order valence-electron chi connectivity index (χ4n) is 2.33. The lowest BCUT2D eigenvalue weighted by Crippen LogP contribution is -2.16. The fraction of sp³-hybridized carbons (Fsp3) is 0.167. The molecule has 0 aliphatic heterocycles. The number of hydrogen-bond acceptors (Lipinski definition) is 6. The van der Waals surface area contributed by atoms with Crippen molar-refractivity contribution < 1.29 is 13.2 Å². The van der Waals surface area contributed by atoms with E-state index in [0.29, 0.717) is 16.9 Å². The van der Waals surface area contributed by atoms with Gasteiger partial charge >= 0.3 is 0 Å². The Labute approximate surface area is 161 Å². The number of hydrogen-bond donors (Lipinski definition) is 2. The van der Waals surface area contributed by atoms with Gasteiger partial charge in [-0.25, -0.2) is 23.1 Å². The summed E-state index contributed by atoms with van der Waals surface area (Å²) in [6.45, 7) is 5.60. The van der Waals surface area contributed by atoms with Crippen LogP contribution in [-0.4, -0.2) is 24.3 Å². The number of amides is 1. The lowest BCUT2D eigenvalue weighted by atomic mass is 10.1. The molecule has 27 heavy (non-hydrogen) atoms.